The largest absolute Gasteiger partial charge is 0.392 e. The molecule has 0 aliphatic heterocycles. The fourth-order valence-corrected chi connectivity index (χ4v) is 4.41. The molecule has 3 heterocycles. The maximum Gasteiger partial charge on any atom is 0.282 e. The molecule has 0 saturated heterocycles. The van der Waals surface area contributed by atoms with Gasteiger partial charge < -0.3 is 16.2 Å². The number of anilines is 2. The van der Waals surface area contributed by atoms with Crippen LogP contribution in [-0.4, -0.2) is 35.6 Å². The number of hydrogen-bond donors (Lipinski definition) is 3. The van der Waals surface area contributed by atoms with Crippen molar-refractivity contribution in [3.8, 4) is 11.4 Å². The van der Waals surface area contributed by atoms with Crippen LogP contribution in [0, 0.1) is 12.7 Å². The van der Waals surface area contributed by atoms with E-state index in [1.54, 1.807) is 36.5 Å². The van der Waals surface area contributed by atoms with Gasteiger partial charge in [-0.15, -0.1) is 5.10 Å². The zero-order valence-electron chi connectivity index (χ0n) is 24.4. The number of pyridine rings is 1. The maximum absolute atomic E-state index is 15.2. The normalized spacial score (nSPS) is 11.2. The third-order valence-electron chi connectivity index (χ3n) is 6.60. The Labute approximate surface area is 242 Å². The molecular weight excluding hydrogens is 537 g/mol. The van der Waals surface area contributed by atoms with Gasteiger partial charge in [0.05, 0.1) is 29.6 Å². The van der Waals surface area contributed by atoms with Crippen LogP contribution in [0.5, 0.6) is 0 Å². The van der Waals surface area contributed by atoms with Crippen molar-refractivity contribution in [2.75, 3.05) is 5.32 Å². The Morgan fingerprint density at radius 2 is 1.81 bits per heavy atom. The van der Waals surface area contributed by atoms with E-state index in [1.165, 1.54) is 23.1 Å². The summed E-state index contributed by atoms with van der Waals surface area (Å²) in [6, 6.07) is 11.6. The molecule has 10 nitrogen and oxygen atoms in total. The third kappa shape index (κ3) is 5.77. The minimum Gasteiger partial charge on any atom is -0.392 e. The fourth-order valence-electron chi connectivity index (χ4n) is 4.41. The second kappa shape index (κ2) is 11.9. The number of aromatic nitrogens is 5. The molecule has 0 saturated carbocycles. The van der Waals surface area contributed by atoms with E-state index in [0.29, 0.717) is 16.9 Å². The molecule has 0 radical (unpaired) electrons. The molecule has 0 bridgehead atoms. The number of fused-ring (bicyclic) bond motifs is 1. The minimum atomic E-state index is -0.722. The second-order valence-electron chi connectivity index (χ2n) is 10.5. The molecule has 0 fully saturated rings. The van der Waals surface area contributed by atoms with E-state index in [9.17, 15) is 14.7 Å². The molecule has 42 heavy (non-hydrogen) atoms. The van der Waals surface area contributed by atoms with Crippen LogP contribution >= 0.6 is 0 Å². The number of amides is 1. The zero-order chi connectivity index (χ0) is 30.8. The lowest BCUT2D eigenvalue weighted by atomic mass is 9.86. The van der Waals surface area contributed by atoms with Crippen LogP contribution in [-0.2, 0) is 12.0 Å². The highest BCUT2D eigenvalue weighted by molar-refractivity contribution is 5.98. The Kier molecular flexibility index (Phi) is 8.53. The maximum atomic E-state index is 15.2. The van der Waals surface area contributed by atoms with Crippen molar-refractivity contribution in [3.63, 3.8) is 0 Å². The van der Waals surface area contributed by atoms with Crippen LogP contribution in [0.3, 0.4) is 0 Å². The number of carbonyl (C=O) groups is 1. The fraction of sp³-hybridized carbons (Fsp3) is 0.258. The Morgan fingerprint density at radius 3 is 2.43 bits per heavy atom. The molecular formula is C31H34FN7O3. The number of carbonyl (C=O) groups excluding carboxylic acids is 1. The van der Waals surface area contributed by atoms with E-state index in [0.717, 1.165) is 15.8 Å². The number of aliphatic hydroxyl groups is 1. The molecule has 2 aromatic carbocycles. The van der Waals surface area contributed by atoms with Crippen molar-refractivity contribution in [1.29, 1.82) is 0 Å². The first-order chi connectivity index (χ1) is 20.0. The van der Waals surface area contributed by atoms with Crippen molar-refractivity contribution >= 4 is 28.3 Å². The number of hydrogen-bond acceptors (Lipinski definition) is 7. The van der Waals surface area contributed by atoms with Gasteiger partial charge in [0.25, 0.3) is 11.5 Å². The molecule has 0 atom stereocenters. The Balaban J connectivity index is 0.00000198. The van der Waals surface area contributed by atoms with Crippen molar-refractivity contribution in [1.82, 2.24) is 24.5 Å². The number of rotatable bonds is 6. The van der Waals surface area contributed by atoms with E-state index in [-0.39, 0.29) is 33.4 Å². The quantitative estimate of drug-likeness (QED) is 0.258. The van der Waals surface area contributed by atoms with Crippen LogP contribution in [0.25, 0.3) is 22.1 Å². The molecule has 5 rings (SSSR count). The number of nitrogens with one attached hydrogen (secondary N) is 1. The van der Waals surface area contributed by atoms with Gasteiger partial charge in [-0.1, -0.05) is 46.8 Å². The van der Waals surface area contributed by atoms with Gasteiger partial charge in [0, 0.05) is 23.3 Å². The molecule has 0 aliphatic carbocycles. The van der Waals surface area contributed by atoms with Crippen LogP contribution in [0.2, 0.25) is 0 Å². The van der Waals surface area contributed by atoms with Crippen molar-refractivity contribution in [2.45, 2.75) is 53.6 Å². The SMILES string of the molecule is CC.Cc1ccc(Nc2nn(-c3cccc(-n4ncc5cc(C(C)(C)C)cc(F)c5c4=O)c3CO)cc2C(N)=O)nc1. The number of nitrogens with two attached hydrogens (primary N) is 1. The Morgan fingerprint density at radius 1 is 1.10 bits per heavy atom. The topological polar surface area (TPSA) is 141 Å². The Bertz CT molecular complexity index is 1820. The molecule has 0 unspecified atom stereocenters. The first kappa shape index (κ1) is 30.1. The first-order valence-electron chi connectivity index (χ1n) is 13.5. The second-order valence-corrected chi connectivity index (χ2v) is 10.5. The summed E-state index contributed by atoms with van der Waals surface area (Å²) < 4.78 is 17.6. The smallest absolute Gasteiger partial charge is 0.282 e. The summed E-state index contributed by atoms with van der Waals surface area (Å²) in [5.41, 5.74) is 7.28. The monoisotopic (exact) mass is 571 g/mol. The highest BCUT2D eigenvalue weighted by atomic mass is 19.1. The lowest BCUT2D eigenvalue weighted by molar-refractivity contribution is 0.100. The lowest BCUT2D eigenvalue weighted by Crippen LogP contribution is -2.24. The van der Waals surface area contributed by atoms with Crippen molar-refractivity contribution < 1.29 is 14.3 Å². The summed E-state index contributed by atoms with van der Waals surface area (Å²) in [4.78, 5) is 30.0. The predicted octanol–water partition coefficient (Wildman–Crippen LogP) is 5.07. The van der Waals surface area contributed by atoms with Gasteiger partial charge in [-0.05, 0) is 53.8 Å². The van der Waals surface area contributed by atoms with E-state index < -0.39 is 23.9 Å². The molecule has 0 spiro atoms. The summed E-state index contributed by atoms with van der Waals surface area (Å²) >= 11 is 0. The molecule has 3 aromatic heterocycles. The molecule has 11 heteroatoms. The highest BCUT2D eigenvalue weighted by Crippen LogP contribution is 2.28. The van der Waals surface area contributed by atoms with Crippen molar-refractivity contribution in [3.05, 3.63) is 99.5 Å². The van der Waals surface area contributed by atoms with Gasteiger partial charge in [-0.2, -0.15) is 9.78 Å². The molecule has 5 aromatic rings. The molecule has 4 N–H and O–H groups in total. The lowest BCUT2D eigenvalue weighted by Gasteiger charge is -2.20. The van der Waals surface area contributed by atoms with Gasteiger partial charge in [0.2, 0.25) is 0 Å². The average molecular weight is 572 g/mol. The summed E-state index contributed by atoms with van der Waals surface area (Å²) in [5, 5.41) is 22.4. The summed E-state index contributed by atoms with van der Waals surface area (Å²) in [5.74, 6) is -0.752. The molecule has 218 valence electrons. The number of nitrogens with zero attached hydrogens (tertiary/aromatic N) is 5. The predicted molar refractivity (Wildman–Crippen MR) is 161 cm³/mol. The number of halogens is 1. The van der Waals surface area contributed by atoms with E-state index in [1.807, 2.05) is 47.6 Å². The Hall–Kier alpha value is -4.90. The van der Waals surface area contributed by atoms with Crippen LogP contribution < -0.4 is 16.6 Å². The van der Waals surface area contributed by atoms with Gasteiger partial charge >= 0.3 is 0 Å². The standard InChI is InChI=1S/C29H28FN7O3.C2H6/c1-16-8-9-24(32-12-16)34-27-19(26(31)39)14-36(35-27)22-6-5-7-23(20(22)15-38)37-28(40)25-17(13-33-37)10-18(11-21(25)30)29(2,3)4;1-2/h5-14,38H,15H2,1-4H3,(H2,31,39)(H,32,34,35);1-2H3. The molecule has 1 amide bonds. The van der Waals surface area contributed by atoms with Gasteiger partial charge in [0.15, 0.2) is 5.82 Å². The number of benzene rings is 2. The van der Waals surface area contributed by atoms with Crippen LogP contribution in [0.15, 0.2) is 65.8 Å². The molecule has 0 aliphatic rings. The van der Waals surface area contributed by atoms with Gasteiger partial charge in [0.1, 0.15) is 17.2 Å². The third-order valence-corrected chi connectivity index (χ3v) is 6.60. The van der Waals surface area contributed by atoms with Crippen LogP contribution in [0.1, 0.15) is 61.7 Å². The average Bonchev–Trinajstić information content (AvgIpc) is 3.38. The number of aliphatic hydroxyl groups excluding tert-OH is 1. The highest BCUT2D eigenvalue weighted by Gasteiger charge is 2.22. The van der Waals surface area contributed by atoms with E-state index in [2.05, 4.69) is 20.5 Å². The summed E-state index contributed by atoms with van der Waals surface area (Å²) in [6.45, 7) is 11.3. The number of primary amides is 1. The van der Waals surface area contributed by atoms with Crippen LogP contribution in [0.4, 0.5) is 16.0 Å². The first-order valence-corrected chi connectivity index (χ1v) is 13.5. The zero-order valence-corrected chi connectivity index (χ0v) is 24.4. The summed E-state index contributed by atoms with van der Waals surface area (Å²) in [6.07, 6.45) is 4.51. The minimum absolute atomic E-state index is 0.0920. The van der Waals surface area contributed by atoms with Gasteiger partial charge in [-0.25, -0.2) is 14.1 Å². The van der Waals surface area contributed by atoms with Gasteiger partial charge in [-0.3, -0.25) is 9.59 Å². The summed E-state index contributed by atoms with van der Waals surface area (Å²) in [7, 11) is 0. The van der Waals surface area contributed by atoms with E-state index >= 15 is 4.39 Å². The number of aryl methyl sites for hydroxylation is 1. The van der Waals surface area contributed by atoms with E-state index in [4.69, 9.17) is 5.73 Å². The van der Waals surface area contributed by atoms with Crippen molar-refractivity contribution in [2.24, 2.45) is 5.73 Å².